The molecule has 1 fully saturated rings. The van der Waals surface area contributed by atoms with Crippen LogP contribution in [0.2, 0.25) is 0 Å². The summed E-state index contributed by atoms with van der Waals surface area (Å²) < 4.78 is 6.53. The zero-order chi connectivity index (χ0) is 9.97. The molecule has 1 unspecified atom stereocenters. The van der Waals surface area contributed by atoms with Crippen molar-refractivity contribution in [3.8, 4) is 0 Å². The maximum Gasteiger partial charge on any atom is 0.0710 e. The molecule has 1 aliphatic rings. The SMILES string of the molecule is COC1CCN(Cc2cc(Br)cs2)C1. The highest BCUT2D eigenvalue weighted by Crippen LogP contribution is 2.23. The monoisotopic (exact) mass is 275 g/mol. The van der Waals surface area contributed by atoms with E-state index in [-0.39, 0.29) is 0 Å². The third-order valence-electron chi connectivity index (χ3n) is 2.56. The Balaban J connectivity index is 1.87. The van der Waals surface area contributed by atoms with Gasteiger partial charge in [-0.2, -0.15) is 0 Å². The maximum atomic E-state index is 5.34. The van der Waals surface area contributed by atoms with Crippen LogP contribution in [0.25, 0.3) is 0 Å². The van der Waals surface area contributed by atoms with Gasteiger partial charge in [0.2, 0.25) is 0 Å². The van der Waals surface area contributed by atoms with Gasteiger partial charge in [0.15, 0.2) is 0 Å². The molecule has 4 heteroatoms. The van der Waals surface area contributed by atoms with E-state index in [4.69, 9.17) is 4.74 Å². The minimum atomic E-state index is 0.443. The zero-order valence-corrected chi connectivity index (χ0v) is 10.6. The van der Waals surface area contributed by atoms with Gasteiger partial charge < -0.3 is 4.74 Å². The van der Waals surface area contributed by atoms with E-state index >= 15 is 0 Å². The number of nitrogens with zero attached hydrogens (tertiary/aromatic N) is 1. The molecule has 78 valence electrons. The molecule has 0 N–H and O–H groups in total. The third kappa shape index (κ3) is 2.57. The van der Waals surface area contributed by atoms with Crippen molar-refractivity contribution in [1.29, 1.82) is 0 Å². The average molecular weight is 276 g/mol. The van der Waals surface area contributed by atoms with Crippen molar-refractivity contribution >= 4 is 27.3 Å². The molecule has 1 aliphatic heterocycles. The van der Waals surface area contributed by atoms with Gasteiger partial charge >= 0.3 is 0 Å². The predicted octanol–water partition coefficient (Wildman–Crippen LogP) is 2.73. The summed E-state index contributed by atoms with van der Waals surface area (Å²) in [7, 11) is 1.80. The predicted molar refractivity (Wildman–Crippen MR) is 62.7 cm³/mol. The van der Waals surface area contributed by atoms with Crippen molar-refractivity contribution in [1.82, 2.24) is 4.90 Å². The molecule has 1 atom stereocenters. The van der Waals surface area contributed by atoms with Gasteiger partial charge in [-0.15, -0.1) is 11.3 Å². The lowest BCUT2D eigenvalue weighted by Crippen LogP contribution is -2.21. The first-order chi connectivity index (χ1) is 6.78. The van der Waals surface area contributed by atoms with Crippen LogP contribution in [0.1, 0.15) is 11.3 Å². The highest BCUT2D eigenvalue weighted by Gasteiger charge is 2.21. The van der Waals surface area contributed by atoms with E-state index in [0.29, 0.717) is 6.10 Å². The van der Waals surface area contributed by atoms with Gasteiger partial charge in [0.05, 0.1) is 6.10 Å². The Morgan fingerprint density at radius 2 is 2.57 bits per heavy atom. The number of likely N-dealkylation sites (tertiary alicyclic amines) is 1. The molecule has 0 amide bonds. The van der Waals surface area contributed by atoms with Crippen molar-refractivity contribution in [3.63, 3.8) is 0 Å². The number of methoxy groups -OCH3 is 1. The molecule has 0 aliphatic carbocycles. The van der Waals surface area contributed by atoms with Crippen LogP contribution in [0.15, 0.2) is 15.9 Å². The first-order valence-electron chi connectivity index (χ1n) is 4.76. The quantitative estimate of drug-likeness (QED) is 0.841. The Labute approximate surface area is 97.0 Å². The van der Waals surface area contributed by atoms with E-state index in [1.807, 2.05) is 11.3 Å². The number of thiophene rings is 1. The Kier molecular flexibility index (Phi) is 3.60. The molecular weight excluding hydrogens is 262 g/mol. The van der Waals surface area contributed by atoms with Gasteiger partial charge in [0.25, 0.3) is 0 Å². The van der Waals surface area contributed by atoms with Crippen molar-refractivity contribution in [2.75, 3.05) is 20.2 Å². The first-order valence-corrected chi connectivity index (χ1v) is 6.43. The molecule has 0 radical (unpaired) electrons. The van der Waals surface area contributed by atoms with Crippen LogP contribution in [0.4, 0.5) is 0 Å². The summed E-state index contributed by atoms with van der Waals surface area (Å²) >= 11 is 5.29. The Morgan fingerprint density at radius 1 is 1.71 bits per heavy atom. The van der Waals surface area contributed by atoms with Crippen LogP contribution in [0.5, 0.6) is 0 Å². The zero-order valence-electron chi connectivity index (χ0n) is 8.20. The van der Waals surface area contributed by atoms with Gasteiger partial charge in [-0.25, -0.2) is 0 Å². The van der Waals surface area contributed by atoms with Gasteiger partial charge in [0, 0.05) is 41.5 Å². The summed E-state index contributed by atoms with van der Waals surface area (Å²) in [6, 6.07) is 2.20. The van der Waals surface area contributed by atoms with Crippen molar-refractivity contribution in [2.45, 2.75) is 19.1 Å². The molecule has 0 spiro atoms. The topological polar surface area (TPSA) is 12.5 Å². The van der Waals surface area contributed by atoms with Crippen LogP contribution in [0, 0.1) is 0 Å². The summed E-state index contributed by atoms with van der Waals surface area (Å²) in [5.41, 5.74) is 0. The standard InChI is InChI=1S/C10H14BrNOS/c1-13-9-2-3-12(5-9)6-10-4-8(11)7-14-10/h4,7,9H,2-3,5-6H2,1H3. The largest absolute Gasteiger partial charge is 0.380 e. The van der Waals surface area contributed by atoms with E-state index in [9.17, 15) is 0 Å². The van der Waals surface area contributed by atoms with Gasteiger partial charge in [0.1, 0.15) is 0 Å². The summed E-state index contributed by atoms with van der Waals surface area (Å²) in [6.07, 6.45) is 1.61. The molecule has 0 saturated carbocycles. The lowest BCUT2D eigenvalue weighted by Gasteiger charge is -2.13. The second-order valence-corrected chi connectivity index (χ2v) is 5.52. The van der Waals surface area contributed by atoms with Crippen LogP contribution < -0.4 is 0 Å². The molecule has 2 heterocycles. The summed E-state index contributed by atoms with van der Waals surface area (Å²) in [4.78, 5) is 3.88. The third-order valence-corrected chi connectivity index (χ3v) is 4.25. The average Bonchev–Trinajstić information content (AvgIpc) is 2.76. The van der Waals surface area contributed by atoms with E-state index in [1.54, 1.807) is 7.11 Å². The number of ether oxygens (including phenoxy) is 1. The van der Waals surface area contributed by atoms with Crippen molar-refractivity contribution in [3.05, 3.63) is 20.8 Å². The smallest absolute Gasteiger partial charge is 0.0710 e. The first kappa shape index (κ1) is 10.6. The fourth-order valence-corrected chi connectivity index (χ4v) is 3.28. The minimum Gasteiger partial charge on any atom is -0.380 e. The number of rotatable bonds is 3. The lowest BCUT2D eigenvalue weighted by atomic mass is 10.3. The van der Waals surface area contributed by atoms with Crippen molar-refractivity contribution in [2.24, 2.45) is 0 Å². The molecule has 2 rings (SSSR count). The summed E-state index contributed by atoms with van der Waals surface area (Å²) in [6.45, 7) is 3.30. The maximum absolute atomic E-state index is 5.34. The van der Waals surface area contributed by atoms with Crippen LogP contribution in [0.3, 0.4) is 0 Å². The molecular formula is C10H14BrNOS. The lowest BCUT2D eigenvalue weighted by molar-refractivity contribution is 0.107. The normalized spacial score (nSPS) is 23.1. The fourth-order valence-electron chi connectivity index (χ4n) is 1.79. The Bertz CT molecular complexity index is 302. The highest BCUT2D eigenvalue weighted by atomic mass is 79.9. The Hall–Kier alpha value is 0.1000. The van der Waals surface area contributed by atoms with Crippen LogP contribution >= 0.6 is 27.3 Å². The molecule has 14 heavy (non-hydrogen) atoms. The number of halogens is 1. The molecule has 1 aromatic rings. The molecule has 1 saturated heterocycles. The van der Waals surface area contributed by atoms with E-state index in [1.165, 1.54) is 15.8 Å². The van der Waals surface area contributed by atoms with Crippen LogP contribution in [-0.4, -0.2) is 31.2 Å². The highest BCUT2D eigenvalue weighted by molar-refractivity contribution is 9.10. The molecule has 2 nitrogen and oxygen atoms in total. The second-order valence-electron chi connectivity index (χ2n) is 3.61. The minimum absolute atomic E-state index is 0.443. The molecule has 0 bridgehead atoms. The van der Waals surface area contributed by atoms with Crippen molar-refractivity contribution < 1.29 is 4.74 Å². The van der Waals surface area contributed by atoms with Crippen LogP contribution in [-0.2, 0) is 11.3 Å². The summed E-state index contributed by atoms with van der Waals surface area (Å²) in [5, 5.41) is 2.14. The molecule has 0 aromatic carbocycles. The van der Waals surface area contributed by atoms with Gasteiger partial charge in [-0.3, -0.25) is 4.90 Å². The second kappa shape index (κ2) is 4.75. The Morgan fingerprint density at radius 3 is 3.14 bits per heavy atom. The number of hydrogen-bond donors (Lipinski definition) is 0. The van der Waals surface area contributed by atoms with E-state index < -0.39 is 0 Å². The number of hydrogen-bond acceptors (Lipinski definition) is 3. The van der Waals surface area contributed by atoms with Gasteiger partial charge in [-0.05, 0) is 28.4 Å². The summed E-state index contributed by atoms with van der Waals surface area (Å²) in [5.74, 6) is 0. The van der Waals surface area contributed by atoms with E-state index in [0.717, 1.165) is 19.6 Å². The van der Waals surface area contributed by atoms with Gasteiger partial charge in [-0.1, -0.05) is 0 Å². The van der Waals surface area contributed by atoms with E-state index in [2.05, 4.69) is 32.3 Å². The molecule has 1 aromatic heterocycles. The fraction of sp³-hybridized carbons (Fsp3) is 0.600.